The molecule has 0 radical (unpaired) electrons. The van der Waals surface area contributed by atoms with Crippen molar-refractivity contribution < 1.29 is 19.5 Å². The highest BCUT2D eigenvalue weighted by molar-refractivity contribution is 6.04. The summed E-state index contributed by atoms with van der Waals surface area (Å²) in [6, 6.07) is 0. The summed E-state index contributed by atoms with van der Waals surface area (Å²) in [7, 11) is 0. The summed E-state index contributed by atoms with van der Waals surface area (Å²) in [4.78, 5) is 35.1. The Kier molecular flexibility index (Phi) is 2.19. The van der Waals surface area contributed by atoms with Crippen molar-refractivity contribution in [1.82, 2.24) is 5.32 Å². The van der Waals surface area contributed by atoms with Crippen molar-refractivity contribution in [2.75, 3.05) is 0 Å². The lowest BCUT2D eigenvalue weighted by Gasteiger charge is -2.52. The number of imide groups is 1. The van der Waals surface area contributed by atoms with E-state index in [2.05, 4.69) is 5.32 Å². The molecule has 2 aliphatic rings. The number of carboxylic acids is 1. The van der Waals surface area contributed by atoms with E-state index in [0.29, 0.717) is 6.42 Å². The number of nitrogens with one attached hydrogen (secondary N) is 1. The molecule has 5 nitrogen and oxygen atoms in total. The molecule has 1 aliphatic carbocycles. The van der Waals surface area contributed by atoms with Crippen LogP contribution in [0.5, 0.6) is 0 Å². The van der Waals surface area contributed by atoms with E-state index in [1.165, 1.54) is 0 Å². The average Bonchev–Trinajstić information content (AvgIpc) is 2.13. The van der Waals surface area contributed by atoms with Gasteiger partial charge in [0.25, 0.3) is 0 Å². The van der Waals surface area contributed by atoms with Crippen LogP contribution < -0.4 is 5.32 Å². The molecule has 94 valence electrons. The Morgan fingerprint density at radius 2 is 1.47 bits per heavy atom. The first-order valence-corrected chi connectivity index (χ1v) is 5.71. The predicted molar refractivity (Wildman–Crippen MR) is 59.0 cm³/mol. The normalized spacial score (nSPS) is 45.4. The third kappa shape index (κ3) is 1.56. The van der Waals surface area contributed by atoms with Crippen molar-refractivity contribution in [2.24, 2.45) is 16.2 Å². The van der Waals surface area contributed by atoms with Crippen LogP contribution in [0.4, 0.5) is 0 Å². The number of hydrogen-bond donors (Lipinski definition) is 2. The van der Waals surface area contributed by atoms with Crippen LogP contribution in [0.25, 0.3) is 0 Å². The van der Waals surface area contributed by atoms with E-state index in [-0.39, 0.29) is 24.7 Å². The number of carbonyl (C=O) groups excluding carboxylic acids is 2. The van der Waals surface area contributed by atoms with Crippen LogP contribution in [0.15, 0.2) is 0 Å². The van der Waals surface area contributed by atoms with Gasteiger partial charge in [-0.2, -0.15) is 0 Å². The molecule has 2 fully saturated rings. The van der Waals surface area contributed by atoms with Gasteiger partial charge >= 0.3 is 5.97 Å². The van der Waals surface area contributed by atoms with E-state index >= 15 is 0 Å². The molecule has 1 saturated heterocycles. The topological polar surface area (TPSA) is 83.5 Å². The number of carbonyl (C=O) groups is 3. The second-order valence-electron chi connectivity index (χ2n) is 6.30. The molecule has 0 spiro atoms. The van der Waals surface area contributed by atoms with Gasteiger partial charge in [-0.15, -0.1) is 0 Å². The van der Waals surface area contributed by atoms with Crippen LogP contribution in [0.2, 0.25) is 0 Å². The lowest BCUT2D eigenvalue weighted by molar-refractivity contribution is -0.170. The van der Waals surface area contributed by atoms with Crippen LogP contribution in [-0.4, -0.2) is 22.9 Å². The summed E-state index contributed by atoms with van der Waals surface area (Å²) in [6.07, 6.45) is 1.00. The van der Waals surface area contributed by atoms with Crippen LogP contribution in [-0.2, 0) is 14.4 Å². The Labute approximate surface area is 99.6 Å². The highest BCUT2D eigenvalue weighted by Crippen LogP contribution is 2.56. The second kappa shape index (κ2) is 3.09. The van der Waals surface area contributed by atoms with Gasteiger partial charge in [0, 0.05) is 10.8 Å². The highest BCUT2D eigenvalue weighted by atomic mass is 16.4. The van der Waals surface area contributed by atoms with Crippen LogP contribution in [0.3, 0.4) is 0 Å². The Bertz CT molecular complexity index is 398. The first-order valence-electron chi connectivity index (χ1n) is 5.71. The van der Waals surface area contributed by atoms with Crippen molar-refractivity contribution in [3.63, 3.8) is 0 Å². The molecule has 2 bridgehead atoms. The molecule has 5 heteroatoms. The van der Waals surface area contributed by atoms with E-state index in [9.17, 15) is 19.5 Å². The zero-order valence-corrected chi connectivity index (χ0v) is 10.3. The van der Waals surface area contributed by atoms with E-state index in [4.69, 9.17) is 0 Å². The van der Waals surface area contributed by atoms with Gasteiger partial charge in [-0.3, -0.25) is 19.7 Å². The molecule has 2 amide bonds. The first-order chi connectivity index (χ1) is 7.61. The molecule has 1 heterocycles. The van der Waals surface area contributed by atoms with Gasteiger partial charge in [0.1, 0.15) is 0 Å². The Hall–Kier alpha value is -1.39. The van der Waals surface area contributed by atoms with Gasteiger partial charge in [-0.1, -0.05) is 13.8 Å². The molecule has 2 rings (SSSR count). The maximum atomic E-state index is 11.9. The van der Waals surface area contributed by atoms with Gasteiger partial charge < -0.3 is 5.11 Å². The lowest BCUT2D eigenvalue weighted by Crippen LogP contribution is -2.62. The van der Waals surface area contributed by atoms with Crippen LogP contribution in [0, 0.1) is 16.2 Å². The minimum absolute atomic E-state index is 0.282. The quantitative estimate of drug-likeness (QED) is 0.667. The largest absolute Gasteiger partial charge is 0.481 e. The molecule has 2 N–H and O–H groups in total. The van der Waals surface area contributed by atoms with Crippen molar-refractivity contribution in [1.29, 1.82) is 0 Å². The maximum Gasteiger partial charge on any atom is 0.309 e. The fourth-order valence-electron chi connectivity index (χ4n) is 3.65. The molecular formula is C12H17NO4. The summed E-state index contributed by atoms with van der Waals surface area (Å²) >= 11 is 0. The number of fused-ring (bicyclic) bond motifs is 2. The third-order valence-corrected chi connectivity index (χ3v) is 4.18. The van der Waals surface area contributed by atoms with Gasteiger partial charge in [0.2, 0.25) is 11.8 Å². The first kappa shape index (κ1) is 12.1. The fraction of sp³-hybridized carbons (Fsp3) is 0.750. The van der Waals surface area contributed by atoms with Gasteiger partial charge in [-0.25, -0.2) is 0 Å². The predicted octanol–water partition coefficient (Wildman–Crippen LogP) is 0.930. The molecular weight excluding hydrogens is 222 g/mol. The monoisotopic (exact) mass is 239 g/mol. The van der Waals surface area contributed by atoms with Crippen LogP contribution >= 0.6 is 0 Å². The SMILES string of the molecule is CC1(C(=O)O)C[C@]2(C)C[C@@](C)(C1)C(=O)NC2=O. The summed E-state index contributed by atoms with van der Waals surface area (Å²) in [5.74, 6) is -1.61. The van der Waals surface area contributed by atoms with Gasteiger partial charge in [-0.05, 0) is 26.2 Å². The number of carboxylic acid groups (broad SMARTS) is 1. The standard InChI is InChI=1S/C12H17NO4/c1-10-4-11(2,8(15)13-7(10)14)6-12(3,5-10)9(16)17/h4-6H2,1-3H3,(H,16,17)(H,13,14,15)/t10-,11-/m0/s1. The molecule has 0 aromatic rings. The number of hydrogen-bond acceptors (Lipinski definition) is 3. The third-order valence-electron chi connectivity index (χ3n) is 4.18. The fourth-order valence-corrected chi connectivity index (χ4v) is 3.65. The zero-order valence-electron chi connectivity index (χ0n) is 10.3. The van der Waals surface area contributed by atoms with E-state index in [1.807, 2.05) is 0 Å². The lowest BCUT2D eigenvalue weighted by atomic mass is 9.52. The van der Waals surface area contributed by atoms with E-state index in [0.717, 1.165) is 0 Å². The molecule has 1 aliphatic heterocycles. The number of amides is 2. The molecule has 1 saturated carbocycles. The number of rotatable bonds is 1. The molecule has 17 heavy (non-hydrogen) atoms. The number of piperidine rings is 1. The summed E-state index contributed by atoms with van der Waals surface area (Å²) in [6.45, 7) is 5.11. The van der Waals surface area contributed by atoms with Crippen molar-refractivity contribution >= 4 is 17.8 Å². The van der Waals surface area contributed by atoms with Crippen molar-refractivity contribution in [2.45, 2.75) is 40.0 Å². The Balaban J connectivity index is 2.48. The summed E-state index contributed by atoms with van der Waals surface area (Å²) in [5.41, 5.74) is -2.52. The Morgan fingerprint density at radius 1 is 1.06 bits per heavy atom. The highest BCUT2D eigenvalue weighted by Gasteiger charge is 2.60. The molecule has 0 aromatic carbocycles. The molecule has 2 atom stereocenters. The zero-order chi connectivity index (χ0) is 13.1. The maximum absolute atomic E-state index is 11.9. The smallest absolute Gasteiger partial charge is 0.309 e. The van der Waals surface area contributed by atoms with E-state index in [1.54, 1.807) is 20.8 Å². The van der Waals surface area contributed by atoms with Crippen LogP contribution in [0.1, 0.15) is 40.0 Å². The molecule has 0 unspecified atom stereocenters. The summed E-state index contributed by atoms with van der Waals surface area (Å²) < 4.78 is 0. The Morgan fingerprint density at radius 3 is 1.82 bits per heavy atom. The van der Waals surface area contributed by atoms with Crippen molar-refractivity contribution in [3.8, 4) is 0 Å². The molecule has 0 aromatic heterocycles. The van der Waals surface area contributed by atoms with Crippen molar-refractivity contribution in [3.05, 3.63) is 0 Å². The second-order valence-corrected chi connectivity index (χ2v) is 6.30. The number of aliphatic carboxylic acids is 1. The minimum atomic E-state index is -1.00. The van der Waals surface area contributed by atoms with Gasteiger partial charge in [0.05, 0.1) is 5.41 Å². The average molecular weight is 239 g/mol. The van der Waals surface area contributed by atoms with Gasteiger partial charge in [0.15, 0.2) is 0 Å². The summed E-state index contributed by atoms with van der Waals surface area (Å²) in [5, 5.41) is 11.7. The minimum Gasteiger partial charge on any atom is -0.481 e. The van der Waals surface area contributed by atoms with E-state index < -0.39 is 22.2 Å².